The third-order valence-electron chi connectivity index (χ3n) is 10.5. The summed E-state index contributed by atoms with van der Waals surface area (Å²) < 4.78 is 7.22. The first kappa shape index (κ1) is 31.6. The van der Waals surface area contributed by atoms with Gasteiger partial charge in [-0.2, -0.15) is 0 Å². The highest BCUT2D eigenvalue weighted by Crippen LogP contribution is 2.53. The Bertz CT molecular complexity index is 2770. The van der Waals surface area contributed by atoms with E-state index in [1.54, 1.807) is 0 Å². The Labute approximate surface area is 315 Å². The molecule has 1 heterocycles. The molecule has 0 spiro atoms. The quantitative estimate of drug-likeness (QED) is 0.172. The highest BCUT2D eigenvalue weighted by molar-refractivity contribution is 6.02. The Hall–Kier alpha value is -7.16. The van der Waals surface area contributed by atoms with Gasteiger partial charge in [0.25, 0.3) is 0 Å². The molecule has 1 aliphatic heterocycles. The van der Waals surface area contributed by atoms with Gasteiger partial charge in [0.05, 0.1) is 5.69 Å². The van der Waals surface area contributed by atoms with E-state index < -0.39 is 0 Å². The van der Waals surface area contributed by atoms with Crippen LogP contribution in [0.25, 0.3) is 66.4 Å². The number of para-hydroxylation sites is 2. The second-order valence-electron chi connectivity index (χ2n) is 13.7. The van der Waals surface area contributed by atoms with Crippen LogP contribution in [0, 0.1) is 0 Å². The number of nitrogens with zero attached hydrogens (tertiary/aromatic N) is 1. The van der Waals surface area contributed by atoms with Crippen LogP contribution in [0.4, 0.5) is 17.1 Å². The summed E-state index contributed by atoms with van der Waals surface area (Å²) in [4.78, 5) is 2.36. The van der Waals surface area contributed by atoms with Crippen LogP contribution in [0.2, 0.25) is 0 Å². The summed E-state index contributed by atoms with van der Waals surface area (Å²) in [6.45, 7) is 0. The summed E-state index contributed by atoms with van der Waals surface area (Å²) in [5, 5.41) is 2.40. The Morgan fingerprint density at radius 3 is 1.48 bits per heavy atom. The number of ether oxygens (including phenoxy) is 1. The van der Waals surface area contributed by atoms with Crippen molar-refractivity contribution in [2.45, 2.75) is 0 Å². The molecular weight excluding hydrogens is 655 g/mol. The average molecular weight is 690 g/mol. The maximum atomic E-state index is 7.22. The molecule has 0 unspecified atom stereocenters. The van der Waals surface area contributed by atoms with Crippen molar-refractivity contribution in [1.82, 2.24) is 0 Å². The summed E-state index contributed by atoms with van der Waals surface area (Å²) in [7, 11) is 0. The van der Waals surface area contributed by atoms with Crippen molar-refractivity contribution in [1.29, 1.82) is 0 Å². The summed E-state index contributed by atoms with van der Waals surface area (Å²) in [6, 6.07) is 75.7. The standard InChI is InChI=1S/C52H35NO/c1-4-15-36(16-5-1)37-27-29-42(30-28-37)53(50-26-13-12-23-44(50)38-17-6-2-7-18-38)43-31-32-46-48-33-40-21-10-11-22-41(40)34-49(48)47-25-14-24-45(39-19-8-3-9-20-39)52(47)54-51(46)35-43/h1-35H. The molecule has 0 atom stereocenters. The zero-order valence-corrected chi connectivity index (χ0v) is 29.6. The Morgan fingerprint density at radius 1 is 0.296 bits per heavy atom. The molecule has 2 heteroatoms. The van der Waals surface area contributed by atoms with E-state index in [4.69, 9.17) is 4.74 Å². The average Bonchev–Trinajstić information content (AvgIpc) is 3.38. The monoisotopic (exact) mass is 689 g/mol. The van der Waals surface area contributed by atoms with Crippen LogP contribution in [0.1, 0.15) is 0 Å². The zero-order chi connectivity index (χ0) is 35.8. The van der Waals surface area contributed by atoms with Gasteiger partial charge < -0.3 is 9.64 Å². The van der Waals surface area contributed by atoms with Crippen LogP contribution in [0.5, 0.6) is 11.5 Å². The van der Waals surface area contributed by atoms with E-state index in [-0.39, 0.29) is 0 Å². The number of hydrogen-bond acceptors (Lipinski definition) is 2. The normalized spacial score (nSPS) is 11.5. The van der Waals surface area contributed by atoms with E-state index in [0.29, 0.717) is 0 Å². The predicted molar refractivity (Wildman–Crippen MR) is 226 cm³/mol. The number of hydrogen-bond donors (Lipinski definition) is 0. The summed E-state index contributed by atoms with van der Waals surface area (Å²) >= 11 is 0. The van der Waals surface area contributed by atoms with Gasteiger partial charge in [-0.3, -0.25) is 0 Å². The minimum absolute atomic E-state index is 0.814. The van der Waals surface area contributed by atoms with Crippen LogP contribution in [0.3, 0.4) is 0 Å². The Morgan fingerprint density at radius 2 is 0.796 bits per heavy atom. The first-order chi connectivity index (χ1) is 26.8. The van der Waals surface area contributed by atoms with E-state index in [1.807, 2.05) is 0 Å². The molecule has 254 valence electrons. The molecule has 0 aliphatic carbocycles. The largest absolute Gasteiger partial charge is 0.455 e. The van der Waals surface area contributed by atoms with Crippen molar-refractivity contribution in [3.8, 4) is 67.1 Å². The van der Waals surface area contributed by atoms with Gasteiger partial charge in [-0.25, -0.2) is 0 Å². The molecule has 0 bridgehead atoms. The molecule has 0 amide bonds. The second-order valence-corrected chi connectivity index (χ2v) is 13.7. The summed E-state index contributed by atoms with van der Waals surface area (Å²) in [5.74, 6) is 1.67. The molecule has 0 radical (unpaired) electrons. The predicted octanol–water partition coefficient (Wildman–Crippen LogP) is 14.8. The fourth-order valence-electron chi connectivity index (χ4n) is 7.85. The number of benzene rings is 9. The Kier molecular flexibility index (Phi) is 7.85. The number of anilines is 3. The van der Waals surface area contributed by atoms with Gasteiger partial charge >= 0.3 is 0 Å². The fraction of sp³-hybridized carbons (Fsp3) is 0. The van der Waals surface area contributed by atoms with Crippen LogP contribution in [-0.2, 0) is 0 Å². The summed E-state index contributed by atoms with van der Waals surface area (Å²) in [5.41, 5.74) is 14.5. The lowest BCUT2D eigenvalue weighted by Crippen LogP contribution is -2.11. The topological polar surface area (TPSA) is 12.5 Å². The first-order valence-electron chi connectivity index (χ1n) is 18.4. The molecule has 0 aromatic heterocycles. The molecule has 54 heavy (non-hydrogen) atoms. The third-order valence-corrected chi connectivity index (χ3v) is 10.5. The van der Waals surface area contributed by atoms with Crippen LogP contribution >= 0.6 is 0 Å². The van der Waals surface area contributed by atoms with Crippen molar-refractivity contribution in [3.05, 3.63) is 212 Å². The van der Waals surface area contributed by atoms with Gasteiger partial charge in [0, 0.05) is 39.7 Å². The lowest BCUT2D eigenvalue weighted by atomic mass is 9.90. The minimum Gasteiger partial charge on any atom is -0.455 e. The van der Waals surface area contributed by atoms with Gasteiger partial charge in [-0.15, -0.1) is 0 Å². The SMILES string of the molecule is c1ccc(-c2ccc(N(c3ccc4c(c3)Oc3c(-c5ccccc5)cccc3-c3cc5ccccc5cc3-4)c3ccccc3-c3ccccc3)cc2)cc1. The molecule has 1 aliphatic rings. The minimum atomic E-state index is 0.814. The molecule has 2 nitrogen and oxygen atoms in total. The first-order valence-corrected chi connectivity index (χ1v) is 18.4. The molecule has 0 N–H and O–H groups in total. The van der Waals surface area contributed by atoms with E-state index in [9.17, 15) is 0 Å². The maximum absolute atomic E-state index is 7.22. The zero-order valence-electron chi connectivity index (χ0n) is 29.6. The van der Waals surface area contributed by atoms with E-state index >= 15 is 0 Å². The van der Waals surface area contributed by atoms with Crippen molar-refractivity contribution in [2.24, 2.45) is 0 Å². The van der Waals surface area contributed by atoms with Gasteiger partial charge in [0.2, 0.25) is 0 Å². The van der Waals surface area contributed by atoms with E-state index in [0.717, 1.165) is 73.1 Å². The smallest absolute Gasteiger partial charge is 0.143 e. The van der Waals surface area contributed by atoms with E-state index in [2.05, 4.69) is 217 Å². The van der Waals surface area contributed by atoms with Crippen LogP contribution in [0.15, 0.2) is 212 Å². The fourth-order valence-corrected chi connectivity index (χ4v) is 7.85. The number of fused-ring (bicyclic) bond motifs is 6. The van der Waals surface area contributed by atoms with E-state index in [1.165, 1.54) is 21.9 Å². The molecule has 0 saturated carbocycles. The summed E-state index contributed by atoms with van der Waals surface area (Å²) in [6.07, 6.45) is 0. The molecule has 10 rings (SSSR count). The second kappa shape index (κ2) is 13.4. The third kappa shape index (κ3) is 5.62. The lowest BCUT2D eigenvalue weighted by Gasteiger charge is -2.29. The molecular formula is C52H35NO. The van der Waals surface area contributed by atoms with Crippen molar-refractivity contribution >= 4 is 27.8 Å². The Balaban J connectivity index is 1.20. The van der Waals surface area contributed by atoms with Crippen LogP contribution < -0.4 is 9.64 Å². The highest BCUT2D eigenvalue weighted by Gasteiger charge is 2.26. The maximum Gasteiger partial charge on any atom is 0.143 e. The van der Waals surface area contributed by atoms with Crippen molar-refractivity contribution in [2.75, 3.05) is 4.90 Å². The molecule has 0 saturated heterocycles. The van der Waals surface area contributed by atoms with Gasteiger partial charge in [0.1, 0.15) is 11.5 Å². The van der Waals surface area contributed by atoms with Gasteiger partial charge in [-0.1, -0.05) is 164 Å². The highest BCUT2D eigenvalue weighted by atomic mass is 16.5. The van der Waals surface area contributed by atoms with Crippen molar-refractivity contribution < 1.29 is 4.74 Å². The van der Waals surface area contributed by atoms with Crippen LogP contribution in [-0.4, -0.2) is 0 Å². The lowest BCUT2D eigenvalue weighted by molar-refractivity contribution is 0.489. The van der Waals surface area contributed by atoms with Gasteiger partial charge in [-0.05, 0) is 86.6 Å². The number of rotatable bonds is 6. The van der Waals surface area contributed by atoms with Gasteiger partial charge in [0.15, 0.2) is 0 Å². The molecule has 9 aromatic carbocycles. The van der Waals surface area contributed by atoms with Crippen molar-refractivity contribution in [3.63, 3.8) is 0 Å². The molecule has 9 aromatic rings. The molecule has 0 fully saturated rings.